The summed E-state index contributed by atoms with van der Waals surface area (Å²) in [6.45, 7) is 0.107. The lowest BCUT2D eigenvalue weighted by atomic mass is 9.54. The average molecular weight is 314 g/mol. The van der Waals surface area contributed by atoms with Crippen LogP contribution in [0.25, 0.3) is 0 Å². The Balaban J connectivity index is 1.35. The van der Waals surface area contributed by atoms with Crippen molar-refractivity contribution in [3.05, 3.63) is 35.9 Å². The molecule has 4 fully saturated rings. The fourth-order valence-electron chi connectivity index (χ4n) is 5.18. The highest BCUT2D eigenvalue weighted by molar-refractivity contribution is 6.29. The Labute approximate surface area is 136 Å². The third kappa shape index (κ3) is 2.99. The first-order valence-electron chi connectivity index (χ1n) is 8.56. The van der Waals surface area contributed by atoms with Gasteiger partial charge < -0.3 is 9.47 Å². The number of benzene rings is 1. The third-order valence-corrected chi connectivity index (χ3v) is 5.67. The molecule has 122 valence electrons. The Hall–Kier alpha value is -1.84. The second-order valence-electron chi connectivity index (χ2n) is 7.55. The van der Waals surface area contributed by atoms with E-state index >= 15 is 0 Å². The molecule has 0 atom stereocenters. The molecule has 4 saturated carbocycles. The van der Waals surface area contributed by atoms with Crippen molar-refractivity contribution in [2.45, 2.75) is 50.7 Å². The van der Waals surface area contributed by atoms with Gasteiger partial charge in [0.15, 0.2) is 0 Å². The van der Waals surface area contributed by atoms with E-state index in [1.807, 2.05) is 30.3 Å². The fraction of sp³-hybridized carbons (Fsp3) is 0.579. The number of hydrogen-bond donors (Lipinski definition) is 0. The summed E-state index contributed by atoms with van der Waals surface area (Å²) in [5.41, 5.74) is 0.473. The lowest BCUT2D eigenvalue weighted by molar-refractivity contribution is -0.196. The van der Waals surface area contributed by atoms with E-state index in [9.17, 15) is 9.59 Å². The van der Waals surface area contributed by atoms with Gasteiger partial charge in [-0.25, -0.2) is 9.59 Å². The average Bonchev–Trinajstić information content (AvgIpc) is 2.51. The molecule has 0 radical (unpaired) electrons. The SMILES string of the molecule is O=C(OCc1ccccc1)C(=O)OC12CC3CC(CC(C3)C1)C2. The second-order valence-corrected chi connectivity index (χ2v) is 7.55. The summed E-state index contributed by atoms with van der Waals surface area (Å²) in [5.74, 6) is 0.339. The van der Waals surface area contributed by atoms with E-state index in [-0.39, 0.29) is 6.61 Å². The van der Waals surface area contributed by atoms with Crippen LogP contribution in [-0.4, -0.2) is 17.5 Å². The minimum Gasteiger partial charge on any atom is -0.452 e. The Morgan fingerprint density at radius 2 is 1.48 bits per heavy atom. The molecular weight excluding hydrogens is 292 g/mol. The van der Waals surface area contributed by atoms with E-state index < -0.39 is 17.5 Å². The second kappa shape index (κ2) is 5.66. The molecule has 5 rings (SSSR count). The van der Waals surface area contributed by atoms with Gasteiger partial charge in [0.25, 0.3) is 0 Å². The predicted octanol–water partition coefficient (Wildman–Crippen LogP) is 3.24. The van der Waals surface area contributed by atoms with Crippen LogP contribution >= 0.6 is 0 Å². The zero-order valence-corrected chi connectivity index (χ0v) is 13.2. The fourth-order valence-corrected chi connectivity index (χ4v) is 5.18. The van der Waals surface area contributed by atoms with Crippen molar-refractivity contribution in [1.82, 2.24) is 0 Å². The molecule has 4 bridgehead atoms. The maximum absolute atomic E-state index is 12.2. The number of carbonyl (C=O) groups is 2. The van der Waals surface area contributed by atoms with Crippen LogP contribution < -0.4 is 0 Å². The van der Waals surface area contributed by atoms with E-state index in [0.29, 0.717) is 17.8 Å². The van der Waals surface area contributed by atoms with Crippen LogP contribution in [0.3, 0.4) is 0 Å². The van der Waals surface area contributed by atoms with Gasteiger partial charge in [-0.3, -0.25) is 0 Å². The molecule has 0 unspecified atom stereocenters. The van der Waals surface area contributed by atoms with E-state index in [1.54, 1.807) is 0 Å². The zero-order valence-electron chi connectivity index (χ0n) is 13.2. The Kier molecular flexibility index (Phi) is 3.63. The first-order chi connectivity index (χ1) is 11.1. The molecular formula is C19H22O4. The van der Waals surface area contributed by atoms with Crippen LogP contribution in [0.2, 0.25) is 0 Å². The van der Waals surface area contributed by atoms with Crippen LogP contribution in [-0.2, 0) is 25.7 Å². The Morgan fingerprint density at radius 1 is 0.913 bits per heavy atom. The molecule has 0 heterocycles. The number of carbonyl (C=O) groups excluding carboxylic acids is 2. The van der Waals surface area contributed by atoms with Gasteiger partial charge in [0.05, 0.1) is 0 Å². The molecule has 0 spiro atoms. The van der Waals surface area contributed by atoms with Gasteiger partial charge in [0, 0.05) is 0 Å². The Morgan fingerprint density at radius 3 is 2.04 bits per heavy atom. The van der Waals surface area contributed by atoms with E-state index in [0.717, 1.165) is 24.8 Å². The largest absolute Gasteiger partial charge is 0.452 e. The van der Waals surface area contributed by atoms with Crippen LogP contribution in [0.4, 0.5) is 0 Å². The molecule has 1 aromatic rings. The van der Waals surface area contributed by atoms with Gasteiger partial charge in [-0.15, -0.1) is 0 Å². The van der Waals surface area contributed by atoms with Crippen LogP contribution in [0.1, 0.15) is 44.1 Å². The van der Waals surface area contributed by atoms with Gasteiger partial charge in [0.2, 0.25) is 0 Å². The van der Waals surface area contributed by atoms with Crippen molar-refractivity contribution in [3.8, 4) is 0 Å². The summed E-state index contributed by atoms with van der Waals surface area (Å²) in [7, 11) is 0. The highest BCUT2D eigenvalue weighted by atomic mass is 16.6. The molecule has 4 nitrogen and oxygen atoms in total. The topological polar surface area (TPSA) is 52.6 Å². The minimum atomic E-state index is -0.871. The van der Waals surface area contributed by atoms with Gasteiger partial charge in [-0.2, -0.15) is 0 Å². The highest BCUT2D eigenvalue weighted by Gasteiger charge is 2.53. The molecule has 0 N–H and O–H groups in total. The van der Waals surface area contributed by atoms with E-state index in [1.165, 1.54) is 19.3 Å². The Bertz CT molecular complexity index is 572. The lowest BCUT2D eigenvalue weighted by Crippen LogP contribution is -2.53. The molecule has 0 aliphatic heterocycles. The highest BCUT2D eigenvalue weighted by Crippen LogP contribution is 2.57. The van der Waals surface area contributed by atoms with Gasteiger partial charge >= 0.3 is 11.9 Å². The molecule has 0 saturated heterocycles. The molecule has 23 heavy (non-hydrogen) atoms. The molecule has 4 aliphatic carbocycles. The summed E-state index contributed by atoms with van der Waals surface area (Å²) < 4.78 is 10.8. The third-order valence-electron chi connectivity index (χ3n) is 5.67. The summed E-state index contributed by atoms with van der Waals surface area (Å²) in [5, 5.41) is 0. The summed E-state index contributed by atoms with van der Waals surface area (Å²) in [4.78, 5) is 24.1. The summed E-state index contributed by atoms with van der Waals surface area (Å²) in [6, 6.07) is 9.36. The maximum Gasteiger partial charge on any atom is 0.418 e. The normalized spacial score (nSPS) is 34.2. The van der Waals surface area contributed by atoms with Crippen molar-refractivity contribution in [1.29, 1.82) is 0 Å². The molecule has 0 amide bonds. The van der Waals surface area contributed by atoms with Crippen LogP contribution in [0.5, 0.6) is 0 Å². The van der Waals surface area contributed by atoms with Crippen molar-refractivity contribution in [2.75, 3.05) is 0 Å². The first kappa shape index (κ1) is 14.7. The van der Waals surface area contributed by atoms with E-state index in [2.05, 4.69) is 0 Å². The quantitative estimate of drug-likeness (QED) is 0.635. The zero-order chi connectivity index (χ0) is 15.9. The number of rotatable bonds is 3. The smallest absolute Gasteiger partial charge is 0.418 e. The monoisotopic (exact) mass is 314 g/mol. The summed E-state index contributed by atoms with van der Waals surface area (Å²) >= 11 is 0. The van der Waals surface area contributed by atoms with Gasteiger partial charge in [-0.1, -0.05) is 30.3 Å². The van der Waals surface area contributed by atoms with Crippen LogP contribution in [0, 0.1) is 17.8 Å². The van der Waals surface area contributed by atoms with Gasteiger partial charge in [0.1, 0.15) is 12.2 Å². The van der Waals surface area contributed by atoms with Crippen molar-refractivity contribution < 1.29 is 19.1 Å². The molecule has 1 aromatic carbocycles. The van der Waals surface area contributed by atoms with E-state index in [4.69, 9.17) is 9.47 Å². The molecule has 4 heteroatoms. The van der Waals surface area contributed by atoms with Crippen molar-refractivity contribution in [2.24, 2.45) is 17.8 Å². The molecule has 0 aromatic heterocycles. The maximum atomic E-state index is 12.2. The number of hydrogen-bond acceptors (Lipinski definition) is 4. The first-order valence-corrected chi connectivity index (χ1v) is 8.56. The summed E-state index contributed by atoms with van der Waals surface area (Å²) in [6.07, 6.45) is 6.60. The minimum absolute atomic E-state index is 0.107. The molecule has 4 aliphatic rings. The number of ether oxygens (including phenoxy) is 2. The predicted molar refractivity (Wildman–Crippen MR) is 83.2 cm³/mol. The standard InChI is InChI=1S/C19H22O4/c20-17(22-12-13-4-2-1-3-5-13)18(21)23-19-9-14-6-15(10-19)8-16(7-14)11-19/h1-5,14-16H,6-12H2. The lowest BCUT2D eigenvalue weighted by Gasteiger charge is -2.55. The number of esters is 2. The van der Waals surface area contributed by atoms with Crippen LogP contribution in [0.15, 0.2) is 30.3 Å². The van der Waals surface area contributed by atoms with Gasteiger partial charge in [-0.05, 0) is 61.8 Å². The van der Waals surface area contributed by atoms with Crippen molar-refractivity contribution in [3.63, 3.8) is 0 Å². The van der Waals surface area contributed by atoms with Crippen molar-refractivity contribution >= 4 is 11.9 Å².